The van der Waals surface area contributed by atoms with Crippen molar-refractivity contribution >= 4 is 0 Å². The second kappa shape index (κ2) is 6.78. The van der Waals surface area contributed by atoms with Gasteiger partial charge in [-0.1, -0.05) is 6.07 Å². The molecule has 1 aliphatic rings. The molecule has 0 unspecified atom stereocenters. The van der Waals surface area contributed by atoms with Crippen molar-refractivity contribution in [2.75, 3.05) is 33.4 Å². The number of aliphatic hydroxyl groups excluding tert-OH is 1. The highest BCUT2D eigenvalue weighted by molar-refractivity contribution is 5.39. The molecule has 1 aliphatic heterocycles. The molecular weight excluding hydrogens is 242 g/mol. The molecule has 0 bridgehead atoms. The highest BCUT2D eigenvalue weighted by Gasteiger charge is 2.16. The lowest BCUT2D eigenvalue weighted by atomic mass is 10.1. The Morgan fingerprint density at radius 1 is 1.32 bits per heavy atom. The van der Waals surface area contributed by atoms with Crippen LogP contribution in [0.4, 0.5) is 0 Å². The van der Waals surface area contributed by atoms with E-state index in [1.54, 1.807) is 7.11 Å². The zero-order valence-electron chi connectivity index (χ0n) is 11.8. The fraction of sp³-hybridized carbons (Fsp3) is 0.600. The van der Waals surface area contributed by atoms with E-state index in [0.717, 1.165) is 49.5 Å². The SMILES string of the molecule is COc1cc(OCCN2CCC(O)CC2)ccc1C. The summed E-state index contributed by atoms with van der Waals surface area (Å²) in [7, 11) is 1.67. The Hall–Kier alpha value is -1.26. The molecule has 0 saturated carbocycles. The van der Waals surface area contributed by atoms with Crippen molar-refractivity contribution in [1.29, 1.82) is 0 Å². The Morgan fingerprint density at radius 2 is 2.05 bits per heavy atom. The van der Waals surface area contributed by atoms with Gasteiger partial charge in [0.1, 0.15) is 18.1 Å². The summed E-state index contributed by atoms with van der Waals surface area (Å²) in [5.74, 6) is 1.71. The molecule has 2 rings (SSSR count). The molecule has 0 atom stereocenters. The Balaban J connectivity index is 1.76. The molecule has 0 spiro atoms. The fourth-order valence-electron chi connectivity index (χ4n) is 2.33. The minimum atomic E-state index is -0.112. The van der Waals surface area contributed by atoms with Gasteiger partial charge in [-0.25, -0.2) is 0 Å². The van der Waals surface area contributed by atoms with E-state index in [4.69, 9.17) is 9.47 Å². The number of aryl methyl sites for hydroxylation is 1. The largest absolute Gasteiger partial charge is 0.496 e. The van der Waals surface area contributed by atoms with Gasteiger partial charge in [0.05, 0.1) is 13.2 Å². The normalized spacial score (nSPS) is 17.4. The monoisotopic (exact) mass is 265 g/mol. The zero-order valence-corrected chi connectivity index (χ0v) is 11.8. The number of likely N-dealkylation sites (tertiary alicyclic amines) is 1. The first-order valence-electron chi connectivity index (χ1n) is 6.87. The van der Waals surface area contributed by atoms with Gasteiger partial charge in [0.15, 0.2) is 0 Å². The predicted molar refractivity (Wildman–Crippen MR) is 74.9 cm³/mol. The first kappa shape index (κ1) is 14.2. The van der Waals surface area contributed by atoms with Gasteiger partial charge in [-0.2, -0.15) is 0 Å². The van der Waals surface area contributed by atoms with Crippen LogP contribution in [0.15, 0.2) is 18.2 Å². The maximum absolute atomic E-state index is 9.44. The van der Waals surface area contributed by atoms with Gasteiger partial charge in [0, 0.05) is 25.7 Å². The Bertz CT molecular complexity index is 400. The molecule has 0 amide bonds. The lowest BCUT2D eigenvalue weighted by Gasteiger charge is -2.29. The van der Waals surface area contributed by atoms with E-state index in [-0.39, 0.29) is 6.10 Å². The quantitative estimate of drug-likeness (QED) is 0.882. The highest BCUT2D eigenvalue weighted by Crippen LogP contribution is 2.23. The molecule has 1 fully saturated rings. The topological polar surface area (TPSA) is 41.9 Å². The summed E-state index contributed by atoms with van der Waals surface area (Å²) in [5, 5.41) is 9.44. The van der Waals surface area contributed by atoms with Gasteiger partial charge in [0.2, 0.25) is 0 Å². The molecule has 4 nitrogen and oxygen atoms in total. The van der Waals surface area contributed by atoms with Crippen LogP contribution in [0, 0.1) is 6.92 Å². The van der Waals surface area contributed by atoms with E-state index in [0.29, 0.717) is 6.61 Å². The van der Waals surface area contributed by atoms with Gasteiger partial charge in [-0.15, -0.1) is 0 Å². The van der Waals surface area contributed by atoms with Gasteiger partial charge in [-0.3, -0.25) is 4.90 Å². The van der Waals surface area contributed by atoms with Gasteiger partial charge >= 0.3 is 0 Å². The van der Waals surface area contributed by atoms with E-state index < -0.39 is 0 Å². The second-order valence-electron chi connectivity index (χ2n) is 5.05. The van der Waals surface area contributed by atoms with Crippen LogP contribution in [0.3, 0.4) is 0 Å². The number of piperidine rings is 1. The first-order chi connectivity index (χ1) is 9.19. The molecule has 1 aromatic carbocycles. The summed E-state index contributed by atoms with van der Waals surface area (Å²) in [4.78, 5) is 2.33. The molecule has 19 heavy (non-hydrogen) atoms. The summed E-state index contributed by atoms with van der Waals surface area (Å²) in [6, 6.07) is 5.90. The number of hydrogen-bond donors (Lipinski definition) is 1. The van der Waals surface area contributed by atoms with Crippen LogP contribution in [0.2, 0.25) is 0 Å². The Morgan fingerprint density at radius 3 is 2.74 bits per heavy atom. The average molecular weight is 265 g/mol. The third-order valence-electron chi connectivity index (χ3n) is 3.61. The lowest BCUT2D eigenvalue weighted by molar-refractivity contribution is 0.0754. The standard InChI is InChI=1S/C15H23NO3/c1-12-3-4-14(11-15(12)18-2)19-10-9-16-7-5-13(17)6-8-16/h3-4,11,13,17H,5-10H2,1-2H3. The third kappa shape index (κ3) is 4.11. The average Bonchev–Trinajstić information content (AvgIpc) is 2.43. The maximum Gasteiger partial charge on any atom is 0.125 e. The number of hydrogen-bond acceptors (Lipinski definition) is 4. The minimum Gasteiger partial charge on any atom is -0.496 e. The molecule has 1 N–H and O–H groups in total. The smallest absolute Gasteiger partial charge is 0.125 e. The van der Waals surface area contributed by atoms with E-state index in [1.165, 1.54) is 0 Å². The molecule has 0 aromatic heterocycles. The summed E-state index contributed by atoms with van der Waals surface area (Å²) >= 11 is 0. The predicted octanol–water partition coefficient (Wildman–Crippen LogP) is 1.84. The number of aliphatic hydroxyl groups is 1. The Labute approximate surface area is 114 Å². The summed E-state index contributed by atoms with van der Waals surface area (Å²) in [6.45, 7) is 5.51. The summed E-state index contributed by atoms with van der Waals surface area (Å²) in [6.07, 6.45) is 1.63. The second-order valence-corrected chi connectivity index (χ2v) is 5.05. The van der Waals surface area contributed by atoms with Crippen LogP contribution in [0.1, 0.15) is 18.4 Å². The number of benzene rings is 1. The van der Waals surface area contributed by atoms with E-state index in [1.807, 2.05) is 25.1 Å². The minimum absolute atomic E-state index is 0.112. The molecule has 0 radical (unpaired) electrons. The lowest BCUT2D eigenvalue weighted by Crippen LogP contribution is -2.38. The van der Waals surface area contributed by atoms with Crippen molar-refractivity contribution in [2.45, 2.75) is 25.9 Å². The molecule has 106 valence electrons. The number of rotatable bonds is 5. The van der Waals surface area contributed by atoms with Gasteiger partial charge in [-0.05, 0) is 31.4 Å². The van der Waals surface area contributed by atoms with E-state index >= 15 is 0 Å². The van der Waals surface area contributed by atoms with Crippen molar-refractivity contribution < 1.29 is 14.6 Å². The number of ether oxygens (including phenoxy) is 2. The van der Waals surface area contributed by atoms with Crippen molar-refractivity contribution in [3.05, 3.63) is 23.8 Å². The van der Waals surface area contributed by atoms with Crippen molar-refractivity contribution in [3.8, 4) is 11.5 Å². The molecule has 1 saturated heterocycles. The number of methoxy groups -OCH3 is 1. The highest BCUT2D eigenvalue weighted by atomic mass is 16.5. The molecule has 1 heterocycles. The molecule has 1 aromatic rings. The fourth-order valence-corrected chi connectivity index (χ4v) is 2.33. The van der Waals surface area contributed by atoms with Crippen LogP contribution in [0.25, 0.3) is 0 Å². The van der Waals surface area contributed by atoms with Crippen LogP contribution in [0.5, 0.6) is 11.5 Å². The van der Waals surface area contributed by atoms with E-state index in [9.17, 15) is 5.11 Å². The van der Waals surface area contributed by atoms with Crippen molar-refractivity contribution in [1.82, 2.24) is 4.90 Å². The van der Waals surface area contributed by atoms with Crippen molar-refractivity contribution in [2.24, 2.45) is 0 Å². The van der Waals surface area contributed by atoms with Crippen LogP contribution in [-0.2, 0) is 0 Å². The van der Waals surface area contributed by atoms with Gasteiger partial charge in [0.25, 0.3) is 0 Å². The zero-order chi connectivity index (χ0) is 13.7. The molecular formula is C15H23NO3. The molecule has 0 aliphatic carbocycles. The third-order valence-corrected chi connectivity index (χ3v) is 3.61. The first-order valence-corrected chi connectivity index (χ1v) is 6.87. The van der Waals surface area contributed by atoms with Crippen LogP contribution >= 0.6 is 0 Å². The van der Waals surface area contributed by atoms with Crippen LogP contribution < -0.4 is 9.47 Å². The summed E-state index contributed by atoms with van der Waals surface area (Å²) < 4.78 is 11.0. The molecule has 4 heteroatoms. The van der Waals surface area contributed by atoms with Crippen LogP contribution in [-0.4, -0.2) is 49.5 Å². The summed E-state index contributed by atoms with van der Waals surface area (Å²) in [5.41, 5.74) is 1.11. The van der Waals surface area contributed by atoms with Crippen molar-refractivity contribution in [3.63, 3.8) is 0 Å². The van der Waals surface area contributed by atoms with Gasteiger partial charge < -0.3 is 14.6 Å². The van der Waals surface area contributed by atoms with E-state index in [2.05, 4.69) is 4.90 Å². The Kier molecular flexibility index (Phi) is 5.05. The number of nitrogens with zero attached hydrogens (tertiary/aromatic N) is 1. The maximum atomic E-state index is 9.44.